The van der Waals surface area contributed by atoms with E-state index in [4.69, 9.17) is 5.14 Å². The Balaban J connectivity index is 1.50. The first-order valence-electron chi connectivity index (χ1n) is 8.93. The van der Waals surface area contributed by atoms with Crippen LogP contribution in [0.1, 0.15) is 10.4 Å². The summed E-state index contributed by atoms with van der Waals surface area (Å²) in [6, 6.07) is 17.7. The highest BCUT2D eigenvalue weighted by molar-refractivity contribution is 8.00. The van der Waals surface area contributed by atoms with Gasteiger partial charge in [-0.25, -0.2) is 17.9 Å². The highest BCUT2D eigenvalue weighted by Crippen LogP contribution is 2.21. The van der Waals surface area contributed by atoms with E-state index in [1.165, 1.54) is 60.3 Å². The van der Waals surface area contributed by atoms with E-state index in [0.29, 0.717) is 16.9 Å². The van der Waals surface area contributed by atoms with Crippen molar-refractivity contribution in [1.29, 1.82) is 0 Å². The van der Waals surface area contributed by atoms with Gasteiger partial charge in [0.2, 0.25) is 15.9 Å². The molecule has 10 heteroatoms. The number of carbonyl (C=O) groups is 2. The molecule has 0 bridgehead atoms. The monoisotopic (exact) mass is 459 g/mol. The number of rotatable bonds is 7. The number of primary sulfonamides is 1. The lowest BCUT2D eigenvalue weighted by atomic mass is 10.2. The Kier molecular flexibility index (Phi) is 7.06. The Morgan fingerprint density at radius 3 is 1.97 bits per heavy atom. The SMILES string of the molecule is NS(=O)(=O)c1ccc(NC(=O)CSc2ccc(NC(=O)c3ccc(F)cc3)cc2)cc1. The largest absolute Gasteiger partial charge is 0.325 e. The molecule has 0 saturated heterocycles. The van der Waals surface area contributed by atoms with Crippen molar-refractivity contribution in [2.75, 3.05) is 16.4 Å². The minimum atomic E-state index is -3.78. The van der Waals surface area contributed by atoms with Crippen LogP contribution in [0, 0.1) is 5.82 Å². The summed E-state index contributed by atoms with van der Waals surface area (Å²) in [5.74, 6) is -0.893. The smallest absolute Gasteiger partial charge is 0.255 e. The molecule has 3 aromatic rings. The predicted octanol–water partition coefficient (Wildman–Crippen LogP) is 3.46. The van der Waals surface area contributed by atoms with Gasteiger partial charge in [0.25, 0.3) is 5.91 Å². The molecule has 0 spiro atoms. The van der Waals surface area contributed by atoms with Crippen LogP contribution < -0.4 is 15.8 Å². The van der Waals surface area contributed by atoms with Crippen molar-refractivity contribution in [3.63, 3.8) is 0 Å². The number of anilines is 2. The third kappa shape index (κ3) is 6.64. The van der Waals surface area contributed by atoms with Gasteiger partial charge in [0.1, 0.15) is 5.82 Å². The maximum atomic E-state index is 12.9. The number of nitrogens with one attached hydrogen (secondary N) is 2. The normalized spacial score (nSPS) is 11.0. The van der Waals surface area contributed by atoms with Crippen molar-refractivity contribution in [2.45, 2.75) is 9.79 Å². The van der Waals surface area contributed by atoms with Gasteiger partial charge in [-0.05, 0) is 72.8 Å². The standard InChI is InChI=1S/C21H18FN3O4S2/c22-15-3-1-14(2-4-15)21(27)25-17-5-9-18(10-6-17)30-13-20(26)24-16-7-11-19(12-8-16)31(23,28)29/h1-12H,13H2,(H,24,26)(H,25,27)(H2,23,28,29). The Morgan fingerprint density at radius 2 is 1.39 bits per heavy atom. The van der Waals surface area contributed by atoms with Crippen molar-refractivity contribution >= 4 is 45.0 Å². The number of hydrogen-bond acceptors (Lipinski definition) is 5. The van der Waals surface area contributed by atoms with E-state index in [0.717, 1.165) is 4.90 Å². The summed E-state index contributed by atoms with van der Waals surface area (Å²) in [5, 5.41) is 10.4. The van der Waals surface area contributed by atoms with Gasteiger partial charge in [-0.15, -0.1) is 11.8 Å². The first-order chi connectivity index (χ1) is 14.7. The van der Waals surface area contributed by atoms with Gasteiger partial charge in [-0.2, -0.15) is 0 Å². The van der Waals surface area contributed by atoms with Crippen LogP contribution in [0.4, 0.5) is 15.8 Å². The van der Waals surface area contributed by atoms with Crippen molar-refractivity contribution in [3.8, 4) is 0 Å². The summed E-state index contributed by atoms with van der Waals surface area (Å²) >= 11 is 1.30. The van der Waals surface area contributed by atoms with Crippen LogP contribution in [0.2, 0.25) is 0 Å². The van der Waals surface area contributed by atoms with Crippen LogP contribution in [0.15, 0.2) is 82.6 Å². The molecule has 7 nitrogen and oxygen atoms in total. The molecule has 160 valence electrons. The second-order valence-electron chi connectivity index (χ2n) is 6.39. The van der Waals surface area contributed by atoms with Crippen LogP contribution in [-0.4, -0.2) is 26.0 Å². The lowest BCUT2D eigenvalue weighted by molar-refractivity contribution is -0.113. The fourth-order valence-electron chi connectivity index (χ4n) is 2.51. The minimum absolute atomic E-state index is 0.0357. The highest BCUT2D eigenvalue weighted by Gasteiger charge is 2.09. The highest BCUT2D eigenvalue weighted by atomic mass is 32.2. The molecule has 0 atom stereocenters. The van der Waals surface area contributed by atoms with Crippen molar-refractivity contribution in [3.05, 3.63) is 84.2 Å². The average molecular weight is 460 g/mol. The van der Waals surface area contributed by atoms with E-state index in [1.807, 2.05) is 0 Å². The molecule has 4 N–H and O–H groups in total. The molecule has 0 fully saturated rings. The topological polar surface area (TPSA) is 118 Å². The lowest BCUT2D eigenvalue weighted by Gasteiger charge is -2.08. The predicted molar refractivity (Wildman–Crippen MR) is 118 cm³/mol. The maximum absolute atomic E-state index is 12.9. The Morgan fingerprint density at radius 1 is 0.839 bits per heavy atom. The van der Waals surface area contributed by atoms with Gasteiger partial charge < -0.3 is 10.6 Å². The van der Waals surface area contributed by atoms with Gasteiger partial charge in [0, 0.05) is 21.8 Å². The summed E-state index contributed by atoms with van der Waals surface area (Å²) < 4.78 is 35.4. The molecule has 0 heterocycles. The van der Waals surface area contributed by atoms with Gasteiger partial charge in [0.05, 0.1) is 10.6 Å². The van der Waals surface area contributed by atoms with Gasteiger partial charge in [-0.3, -0.25) is 9.59 Å². The van der Waals surface area contributed by atoms with E-state index in [9.17, 15) is 22.4 Å². The summed E-state index contributed by atoms with van der Waals surface area (Å²) in [6.07, 6.45) is 0. The van der Waals surface area contributed by atoms with Crippen molar-refractivity contribution in [1.82, 2.24) is 0 Å². The van der Waals surface area contributed by atoms with Gasteiger partial charge in [0.15, 0.2) is 0 Å². The zero-order valence-electron chi connectivity index (χ0n) is 16.0. The molecule has 0 aliphatic rings. The van der Waals surface area contributed by atoms with E-state index in [2.05, 4.69) is 10.6 Å². The van der Waals surface area contributed by atoms with Crippen LogP contribution >= 0.6 is 11.8 Å². The molecule has 0 radical (unpaired) electrons. The van der Waals surface area contributed by atoms with Crippen molar-refractivity contribution < 1.29 is 22.4 Å². The quantitative estimate of drug-likeness (QED) is 0.468. The lowest BCUT2D eigenvalue weighted by Crippen LogP contribution is -2.15. The maximum Gasteiger partial charge on any atom is 0.255 e. The molecule has 0 saturated carbocycles. The summed E-state index contributed by atoms with van der Waals surface area (Å²) in [6.45, 7) is 0. The average Bonchev–Trinajstić information content (AvgIpc) is 2.73. The van der Waals surface area contributed by atoms with Gasteiger partial charge >= 0.3 is 0 Å². The number of sulfonamides is 1. The van der Waals surface area contributed by atoms with Crippen LogP contribution in [0.5, 0.6) is 0 Å². The Bertz CT molecular complexity index is 1180. The summed E-state index contributed by atoms with van der Waals surface area (Å²) in [7, 11) is -3.78. The zero-order valence-corrected chi connectivity index (χ0v) is 17.7. The number of hydrogen-bond donors (Lipinski definition) is 3. The molecule has 0 aromatic heterocycles. The first kappa shape index (κ1) is 22.5. The molecule has 3 rings (SSSR count). The van der Waals surface area contributed by atoms with Crippen molar-refractivity contribution in [2.24, 2.45) is 5.14 Å². The molecule has 0 unspecified atom stereocenters. The summed E-state index contributed by atoms with van der Waals surface area (Å²) in [5.41, 5.74) is 1.36. The number of amides is 2. The third-order valence-electron chi connectivity index (χ3n) is 4.06. The van der Waals surface area contributed by atoms with E-state index in [1.54, 1.807) is 24.3 Å². The minimum Gasteiger partial charge on any atom is -0.325 e. The number of nitrogens with two attached hydrogens (primary N) is 1. The number of halogens is 1. The third-order valence-corrected chi connectivity index (χ3v) is 6.00. The Labute approximate surface area is 182 Å². The van der Waals surface area contributed by atoms with Gasteiger partial charge in [-0.1, -0.05) is 0 Å². The Hall–Kier alpha value is -3.21. The molecular formula is C21H18FN3O4S2. The summed E-state index contributed by atoms with van der Waals surface area (Å²) in [4.78, 5) is 25.0. The molecule has 3 aromatic carbocycles. The van der Waals surface area contributed by atoms with Crippen LogP contribution in [-0.2, 0) is 14.8 Å². The molecule has 2 amide bonds. The number of carbonyl (C=O) groups excluding carboxylic acids is 2. The van der Waals surface area contributed by atoms with E-state index in [-0.39, 0.29) is 22.5 Å². The molecule has 0 aliphatic heterocycles. The zero-order chi connectivity index (χ0) is 22.4. The van der Waals surface area contributed by atoms with Crippen LogP contribution in [0.25, 0.3) is 0 Å². The first-order valence-corrected chi connectivity index (χ1v) is 11.5. The van der Waals surface area contributed by atoms with Crippen LogP contribution in [0.3, 0.4) is 0 Å². The fraction of sp³-hybridized carbons (Fsp3) is 0.0476. The molecule has 31 heavy (non-hydrogen) atoms. The second-order valence-corrected chi connectivity index (χ2v) is 9.00. The number of thioether (sulfide) groups is 1. The fourth-order valence-corrected chi connectivity index (χ4v) is 3.73. The number of benzene rings is 3. The molecule has 0 aliphatic carbocycles. The van der Waals surface area contributed by atoms with E-state index >= 15 is 0 Å². The van der Waals surface area contributed by atoms with E-state index < -0.39 is 15.8 Å². The molecular weight excluding hydrogens is 441 g/mol. The second kappa shape index (κ2) is 9.73.